The Balaban J connectivity index is 2.06. The second-order valence-corrected chi connectivity index (χ2v) is 7.49. The average molecular weight is 447 g/mol. The van der Waals surface area contributed by atoms with Crippen LogP contribution in [0.3, 0.4) is 0 Å². The number of benzene rings is 1. The molecule has 0 N–H and O–H groups in total. The summed E-state index contributed by atoms with van der Waals surface area (Å²) in [5, 5.41) is 1.44. The lowest BCUT2D eigenvalue weighted by molar-refractivity contribution is 0.208. The number of nitrogens with zero attached hydrogens (tertiary/aromatic N) is 4. The predicted octanol–water partition coefficient (Wildman–Crippen LogP) is 2.07. The summed E-state index contributed by atoms with van der Waals surface area (Å²) in [7, 11) is 2.10. The molecule has 1 atom stereocenters. The molecule has 1 aromatic heterocycles. The molecule has 1 aromatic carbocycles. The molecular weight excluding hydrogens is 431 g/mol. The number of rotatable bonds is 0. The number of anilines is 1. The van der Waals surface area contributed by atoms with Gasteiger partial charge in [-0.25, -0.2) is 7.58 Å². The number of likely N-dealkylation sites (N-methyl/N-ethyl adjacent to an activating group) is 1. The van der Waals surface area contributed by atoms with Gasteiger partial charge in [-0.3, -0.25) is 0 Å². The van der Waals surface area contributed by atoms with Crippen molar-refractivity contribution in [3.8, 4) is 5.75 Å². The molecule has 23 heavy (non-hydrogen) atoms. The first-order chi connectivity index (χ1) is 11.0. The van der Waals surface area contributed by atoms with E-state index in [4.69, 9.17) is 16.3 Å². The van der Waals surface area contributed by atoms with Gasteiger partial charge in [-0.2, -0.15) is 4.98 Å². The second kappa shape index (κ2) is 5.49. The van der Waals surface area contributed by atoms with Crippen LogP contribution in [0.2, 0.25) is 5.02 Å². The predicted molar refractivity (Wildman–Crippen MR) is 99.3 cm³/mol. The second-order valence-electron chi connectivity index (χ2n) is 6.15. The van der Waals surface area contributed by atoms with E-state index in [9.17, 15) is 4.79 Å². The third-order valence-electron chi connectivity index (χ3n) is 4.56. The van der Waals surface area contributed by atoms with Crippen LogP contribution in [0.4, 0.5) is 5.82 Å². The first-order valence-electron chi connectivity index (χ1n) is 7.47. The summed E-state index contributed by atoms with van der Waals surface area (Å²) < 4.78 is 7.62. The molecule has 122 valence electrons. The van der Waals surface area contributed by atoms with E-state index in [0.717, 1.165) is 36.1 Å². The van der Waals surface area contributed by atoms with Gasteiger partial charge >= 0.3 is 5.69 Å². The molecule has 0 saturated carbocycles. The van der Waals surface area contributed by atoms with Crippen LogP contribution >= 0.6 is 34.5 Å². The summed E-state index contributed by atoms with van der Waals surface area (Å²) >= 11 is 8.48. The fourth-order valence-electron chi connectivity index (χ4n) is 3.37. The van der Waals surface area contributed by atoms with Crippen LogP contribution in [-0.4, -0.2) is 52.0 Å². The van der Waals surface area contributed by atoms with Gasteiger partial charge in [-0.05, 0) is 25.6 Å². The normalized spacial score (nSPS) is 21.0. The van der Waals surface area contributed by atoms with Gasteiger partial charge in [0.1, 0.15) is 12.4 Å². The summed E-state index contributed by atoms with van der Waals surface area (Å²) in [6.45, 7) is 5.09. The van der Waals surface area contributed by atoms with Gasteiger partial charge in [0.2, 0.25) is 0 Å². The largest absolute Gasteiger partial charge is 0.489 e. The summed E-state index contributed by atoms with van der Waals surface area (Å²) in [6, 6.07) is 2.10. The minimum Gasteiger partial charge on any atom is -0.489 e. The third-order valence-corrected chi connectivity index (χ3v) is 5.97. The molecule has 0 radical (unpaired) electrons. The maximum absolute atomic E-state index is 12.3. The van der Waals surface area contributed by atoms with E-state index in [1.807, 2.05) is 35.9 Å². The van der Waals surface area contributed by atoms with Crippen molar-refractivity contribution in [3.63, 3.8) is 0 Å². The monoisotopic (exact) mass is 446 g/mol. The molecule has 2 aliphatic rings. The zero-order chi connectivity index (χ0) is 16.3. The standard InChI is InChI=1S/C15H16ClIN4O2/c1-8-5-10-11-13(12(8)16)23-7-9-6-19(2)3-4-20(9)14(11)18-15(22)21(10)17/h5,9H,3-4,6-7H2,1-2H3. The van der Waals surface area contributed by atoms with Crippen LogP contribution < -0.4 is 15.3 Å². The minimum absolute atomic E-state index is 0.165. The summed E-state index contributed by atoms with van der Waals surface area (Å²) in [5.74, 6) is 1.34. The van der Waals surface area contributed by atoms with Crippen molar-refractivity contribution in [2.75, 3.05) is 38.2 Å². The van der Waals surface area contributed by atoms with Gasteiger partial charge in [0.25, 0.3) is 0 Å². The molecule has 2 aliphatic heterocycles. The van der Waals surface area contributed by atoms with E-state index >= 15 is 0 Å². The fourth-order valence-corrected chi connectivity index (χ4v) is 4.06. The zero-order valence-electron chi connectivity index (χ0n) is 12.8. The van der Waals surface area contributed by atoms with E-state index in [0.29, 0.717) is 23.2 Å². The lowest BCUT2D eigenvalue weighted by Gasteiger charge is -2.39. The fraction of sp³-hybridized carbons (Fsp3) is 0.467. The molecule has 0 spiro atoms. The lowest BCUT2D eigenvalue weighted by Crippen LogP contribution is -2.54. The van der Waals surface area contributed by atoms with Gasteiger partial charge in [-0.1, -0.05) is 11.6 Å². The van der Waals surface area contributed by atoms with E-state index in [-0.39, 0.29) is 11.7 Å². The van der Waals surface area contributed by atoms with Crippen molar-refractivity contribution >= 4 is 51.2 Å². The molecule has 0 bridgehead atoms. The van der Waals surface area contributed by atoms with E-state index in [1.54, 1.807) is 0 Å². The Morgan fingerprint density at radius 2 is 2.22 bits per heavy atom. The Morgan fingerprint density at radius 1 is 1.43 bits per heavy atom. The summed E-state index contributed by atoms with van der Waals surface area (Å²) in [5.41, 5.74) is 1.44. The maximum Gasteiger partial charge on any atom is 0.359 e. The van der Waals surface area contributed by atoms with Crippen LogP contribution in [0, 0.1) is 6.92 Å². The smallest absolute Gasteiger partial charge is 0.359 e. The molecule has 0 aliphatic carbocycles. The van der Waals surface area contributed by atoms with Crippen molar-refractivity contribution in [2.45, 2.75) is 13.0 Å². The van der Waals surface area contributed by atoms with Gasteiger partial charge in [0.15, 0.2) is 5.75 Å². The highest BCUT2D eigenvalue weighted by Gasteiger charge is 2.33. The quantitative estimate of drug-likeness (QED) is 0.580. The van der Waals surface area contributed by atoms with Crippen LogP contribution in [0.25, 0.3) is 10.9 Å². The maximum atomic E-state index is 12.3. The van der Waals surface area contributed by atoms with Crippen LogP contribution in [-0.2, 0) is 0 Å². The van der Waals surface area contributed by atoms with Gasteiger partial charge in [-0.15, -0.1) is 0 Å². The number of hydrogen-bond acceptors (Lipinski definition) is 5. The zero-order valence-corrected chi connectivity index (χ0v) is 15.8. The molecule has 1 unspecified atom stereocenters. The highest BCUT2D eigenvalue weighted by atomic mass is 127. The third kappa shape index (κ3) is 2.32. The molecule has 2 aromatic rings. The molecule has 4 rings (SSSR count). The number of halogens is 2. The van der Waals surface area contributed by atoms with Crippen molar-refractivity contribution < 1.29 is 4.74 Å². The van der Waals surface area contributed by atoms with Crippen LogP contribution in [0.1, 0.15) is 5.56 Å². The van der Waals surface area contributed by atoms with Gasteiger partial charge < -0.3 is 14.5 Å². The number of fused-ring (bicyclic) bond motifs is 2. The molecular formula is C15H16ClIN4O2. The number of ether oxygens (including phenoxy) is 1. The summed E-state index contributed by atoms with van der Waals surface area (Å²) in [6.07, 6.45) is 0. The lowest BCUT2D eigenvalue weighted by atomic mass is 10.1. The molecule has 1 fully saturated rings. The van der Waals surface area contributed by atoms with Crippen molar-refractivity contribution in [2.24, 2.45) is 0 Å². The van der Waals surface area contributed by atoms with Gasteiger partial charge in [0.05, 0.1) is 44.8 Å². The van der Waals surface area contributed by atoms with Crippen LogP contribution in [0.5, 0.6) is 5.75 Å². The minimum atomic E-state index is -0.264. The number of piperazine rings is 1. The first kappa shape index (κ1) is 15.5. The van der Waals surface area contributed by atoms with Crippen molar-refractivity contribution in [1.29, 1.82) is 0 Å². The first-order valence-corrected chi connectivity index (χ1v) is 8.81. The highest BCUT2D eigenvalue weighted by Crippen LogP contribution is 2.42. The molecule has 6 nitrogen and oxygen atoms in total. The van der Waals surface area contributed by atoms with Crippen LogP contribution in [0.15, 0.2) is 10.9 Å². The number of aryl methyl sites for hydroxylation is 1. The van der Waals surface area contributed by atoms with Gasteiger partial charge in [0, 0.05) is 19.6 Å². The van der Waals surface area contributed by atoms with E-state index in [1.165, 1.54) is 2.78 Å². The Morgan fingerprint density at radius 3 is 3.00 bits per heavy atom. The average Bonchev–Trinajstić information content (AvgIpc) is 2.67. The van der Waals surface area contributed by atoms with Crippen molar-refractivity contribution in [1.82, 2.24) is 12.7 Å². The SMILES string of the molecule is Cc1cc2c3c(nc(=O)n2I)N2CCN(C)CC2COc3c1Cl. The Bertz CT molecular complexity index is 869. The summed E-state index contributed by atoms with van der Waals surface area (Å²) in [4.78, 5) is 21.1. The molecule has 0 amide bonds. The highest BCUT2D eigenvalue weighted by molar-refractivity contribution is 14.1. The Hall–Kier alpha value is -1.06. The molecule has 8 heteroatoms. The van der Waals surface area contributed by atoms with E-state index in [2.05, 4.69) is 21.8 Å². The number of aromatic nitrogens is 2. The Kier molecular flexibility index (Phi) is 3.69. The topological polar surface area (TPSA) is 50.6 Å². The molecule has 1 saturated heterocycles. The van der Waals surface area contributed by atoms with Crippen molar-refractivity contribution in [3.05, 3.63) is 27.1 Å². The molecule has 3 heterocycles. The number of hydrogen-bond donors (Lipinski definition) is 0. The Labute approximate surface area is 152 Å². The van der Waals surface area contributed by atoms with E-state index < -0.39 is 0 Å².